The normalized spacial score (nSPS) is 24.2. The highest BCUT2D eigenvalue weighted by atomic mass is 16.5. The van der Waals surface area contributed by atoms with Crippen LogP contribution in [0.4, 0.5) is 5.95 Å². The van der Waals surface area contributed by atoms with Gasteiger partial charge in [0.2, 0.25) is 5.95 Å². The summed E-state index contributed by atoms with van der Waals surface area (Å²) in [6.07, 6.45) is 6.04. The van der Waals surface area contributed by atoms with Gasteiger partial charge in [0.05, 0.1) is 12.3 Å². The van der Waals surface area contributed by atoms with Gasteiger partial charge in [0, 0.05) is 25.9 Å². The Morgan fingerprint density at radius 3 is 3.00 bits per heavy atom. The van der Waals surface area contributed by atoms with Crippen molar-refractivity contribution in [3.63, 3.8) is 0 Å². The predicted octanol–water partition coefficient (Wildman–Crippen LogP) is 2.61. The molecule has 17 heavy (non-hydrogen) atoms. The second-order valence-electron chi connectivity index (χ2n) is 5.10. The second-order valence-corrected chi connectivity index (χ2v) is 5.10. The quantitative estimate of drug-likeness (QED) is 0.800. The Morgan fingerprint density at radius 1 is 1.53 bits per heavy atom. The van der Waals surface area contributed by atoms with Crippen LogP contribution in [0.2, 0.25) is 0 Å². The van der Waals surface area contributed by atoms with Crippen LogP contribution in [-0.2, 0) is 4.74 Å². The van der Waals surface area contributed by atoms with Gasteiger partial charge in [0.1, 0.15) is 0 Å². The molecule has 4 nitrogen and oxygen atoms in total. The summed E-state index contributed by atoms with van der Waals surface area (Å²) in [5, 5.41) is 3.35. The summed E-state index contributed by atoms with van der Waals surface area (Å²) in [6.45, 7) is 5.92. The number of rotatable bonds is 5. The van der Waals surface area contributed by atoms with E-state index in [-0.39, 0.29) is 0 Å². The maximum absolute atomic E-state index is 5.05. The number of aryl methyl sites for hydroxylation is 1. The van der Waals surface area contributed by atoms with Gasteiger partial charge < -0.3 is 14.6 Å². The van der Waals surface area contributed by atoms with Crippen LogP contribution in [0.25, 0.3) is 0 Å². The number of nitrogens with zero attached hydrogens (tertiary/aromatic N) is 2. The molecular formula is C13H23N3O. The number of imidazole rings is 1. The van der Waals surface area contributed by atoms with Gasteiger partial charge in [0.25, 0.3) is 0 Å². The highest BCUT2D eigenvalue weighted by Crippen LogP contribution is 2.35. The molecule has 1 aliphatic rings. The van der Waals surface area contributed by atoms with Gasteiger partial charge in [-0.3, -0.25) is 0 Å². The highest BCUT2D eigenvalue weighted by molar-refractivity contribution is 5.29. The summed E-state index contributed by atoms with van der Waals surface area (Å²) in [7, 11) is 1.72. The number of methoxy groups -OCH3 is 1. The van der Waals surface area contributed by atoms with Crippen molar-refractivity contribution >= 4 is 5.95 Å². The Balaban J connectivity index is 2.04. The lowest BCUT2D eigenvalue weighted by molar-refractivity contribution is 0.210. The summed E-state index contributed by atoms with van der Waals surface area (Å²) in [6, 6.07) is 0.622. The molecule has 96 valence electrons. The molecule has 1 heterocycles. The molecule has 0 saturated heterocycles. The monoisotopic (exact) mass is 237 g/mol. The zero-order chi connectivity index (χ0) is 12.3. The van der Waals surface area contributed by atoms with E-state index in [0.717, 1.165) is 24.1 Å². The van der Waals surface area contributed by atoms with Gasteiger partial charge in [-0.2, -0.15) is 0 Å². The standard InChI is InChI=1S/C13H23N3O/c1-10-4-5-12(8-10)16-9-11(2)15-13(16)14-6-7-17-3/h9-10,12H,4-8H2,1-3H3,(H,14,15). The van der Waals surface area contributed by atoms with E-state index in [2.05, 4.69) is 34.9 Å². The molecule has 2 atom stereocenters. The van der Waals surface area contributed by atoms with Crippen LogP contribution in [0.15, 0.2) is 6.20 Å². The Labute approximate surface area is 103 Å². The van der Waals surface area contributed by atoms with Gasteiger partial charge in [-0.05, 0) is 32.1 Å². The third kappa shape index (κ3) is 3.00. The SMILES string of the molecule is COCCNc1nc(C)cn1C1CCC(C)C1. The maximum Gasteiger partial charge on any atom is 0.203 e. The minimum atomic E-state index is 0.622. The summed E-state index contributed by atoms with van der Waals surface area (Å²) in [5.41, 5.74) is 1.09. The van der Waals surface area contributed by atoms with Crippen LogP contribution in [0.5, 0.6) is 0 Å². The van der Waals surface area contributed by atoms with Crippen LogP contribution in [-0.4, -0.2) is 29.8 Å². The Bertz CT molecular complexity index is 362. The molecule has 0 radical (unpaired) electrons. The molecule has 2 unspecified atom stereocenters. The van der Waals surface area contributed by atoms with E-state index < -0.39 is 0 Å². The molecular weight excluding hydrogens is 214 g/mol. The fourth-order valence-corrected chi connectivity index (χ4v) is 2.62. The molecule has 1 fully saturated rings. The van der Waals surface area contributed by atoms with Crippen LogP contribution < -0.4 is 5.32 Å². The maximum atomic E-state index is 5.05. The predicted molar refractivity (Wildman–Crippen MR) is 69.4 cm³/mol. The first-order valence-corrected chi connectivity index (χ1v) is 6.49. The van der Waals surface area contributed by atoms with Crippen LogP contribution in [0, 0.1) is 12.8 Å². The Hall–Kier alpha value is -1.03. The zero-order valence-electron chi connectivity index (χ0n) is 11.1. The van der Waals surface area contributed by atoms with E-state index in [1.54, 1.807) is 7.11 Å². The van der Waals surface area contributed by atoms with Crippen molar-refractivity contribution in [1.82, 2.24) is 9.55 Å². The van der Waals surface area contributed by atoms with Gasteiger partial charge in [-0.15, -0.1) is 0 Å². The van der Waals surface area contributed by atoms with E-state index in [9.17, 15) is 0 Å². The molecule has 0 amide bonds. The fourth-order valence-electron chi connectivity index (χ4n) is 2.62. The Morgan fingerprint density at radius 2 is 2.35 bits per heavy atom. The summed E-state index contributed by atoms with van der Waals surface area (Å²) >= 11 is 0. The lowest BCUT2D eigenvalue weighted by Gasteiger charge is -2.15. The van der Waals surface area contributed by atoms with Crippen molar-refractivity contribution in [3.8, 4) is 0 Å². The first-order chi connectivity index (χ1) is 8.20. The van der Waals surface area contributed by atoms with Crippen molar-refractivity contribution in [2.75, 3.05) is 25.6 Å². The minimum absolute atomic E-state index is 0.622. The van der Waals surface area contributed by atoms with Crippen LogP contribution >= 0.6 is 0 Å². The smallest absolute Gasteiger partial charge is 0.203 e. The summed E-state index contributed by atoms with van der Waals surface area (Å²) in [4.78, 5) is 4.55. The summed E-state index contributed by atoms with van der Waals surface area (Å²) in [5.74, 6) is 1.84. The van der Waals surface area contributed by atoms with Gasteiger partial charge in [-0.25, -0.2) is 4.98 Å². The molecule has 1 aromatic rings. The third-order valence-corrected chi connectivity index (χ3v) is 3.50. The number of hydrogen-bond acceptors (Lipinski definition) is 3. The van der Waals surface area contributed by atoms with E-state index in [1.807, 2.05) is 0 Å². The van der Waals surface area contributed by atoms with Crippen molar-refractivity contribution in [2.45, 2.75) is 39.2 Å². The van der Waals surface area contributed by atoms with Gasteiger partial charge in [-0.1, -0.05) is 6.92 Å². The molecule has 1 aromatic heterocycles. The van der Waals surface area contributed by atoms with Crippen molar-refractivity contribution in [3.05, 3.63) is 11.9 Å². The number of nitrogens with one attached hydrogen (secondary N) is 1. The third-order valence-electron chi connectivity index (χ3n) is 3.50. The van der Waals surface area contributed by atoms with E-state index in [0.29, 0.717) is 12.6 Å². The molecule has 4 heteroatoms. The van der Waals surface area contributed by atoms with E-state index in [1.165, 1.54) is 19.3 Å². The van der Waals surface area contributed by atoms with E-state index in [4.69, 9.17) is 4.74 Å². The molecule has 0 aromatic carbocycles. The highest BCUT2D eigenvalue weighted by Gasteiger charge is 2.24. The van der Waals surface area contributed by atoms with Gasteiger partial charge in [0.15, 0.2) is 0 Å². The van der Waals surface area contributed by atoms with Crippen molar-refractivity contribution in [2.24, 2.45) is 5.92 Å². The summed E-state index contributed by atoms with van der Waals surface area (Å²) < 4.78 is 7.37. The molecule has 1 aliphatic carbocycles. The first kappa shape index (κ1) is 12.4. The second kappa shape index (κ2) is 5.54. The number of aromatic nitrogens is 2. The number of ether oxygens (including phenoxy) is 1. The molecule has 0 spiro atoms. The van der Waals surface area contributed by atoms with Crippen molar-refractivity contribution in [1.29, 1.82) is 0 Å². The lowest BCUT2D eigenvalue weighted by atomic mass is 10.1. The van der Waals surface area contributed by atoms with Crippen molar-refractivity contribution < 1.29 is 4.74 Å². The molecule has 1 saturated carbocycles. The zero-order valence-corrected chi connectivity index (χ0v) is 11.1. The average molecular weight is 237 g/mol. The average Bonchev–Trinajstić information content (AvgIpc) is 2.85. The lowest BCUT2D eigenvalue weighted by Crippen LogP contribution is -2.14. The molecule has 1 N–H and O–H groups in total. The topological polar surface area (TPSA) is 39.1 Å². The number of anilines is 1. The number of hydrogen-bond donors (Lipinski definition) is 1. The fraction of sp³-hybridized carbons (Fsp3) is 0.769. The molecule has 2 rings (SSSR count). The van der Waals surface area contributed by atoms with Gasteiger partial charge >= 0.3 is 0 Å². The van der Waals surface area contributed by atoms with Crippen LogP contribution in [0.3, 0.4) is 0 Å². The Kier molecular flexibility index (Phi) is 4.05. The minimum Gasteiger partial charge on any atom is -0.383 e. The first-order valence-electron chi connectivity index (χ1n) is 6.49. The van der Waals surface area contributed by atoms with Crippen LogP contribution in [0.1, 0.15) is 37.9 Å². The molecule has 0 aliphatic heterocycles. The molecule has 0 bridgehead atoms. The van der Waals surface area contributed by atoms with E-state index >= 15 is 0 Å². The largest absolute Gasteiger partial charge is 0.383 e.